The van der Waals surface area contributed by atoms with Crippen LogP contribution in [0.15, 0.2) is 42.7 Å². The van der Waals surface area contributed by atoms with Crippen molar-refractivity contribution in [2.45, 2.75) is 31.3 Å². The second-order valence-electron chi connectivity index (χ2n) is 7.32. The van der Waals surface area contributed by atoms with E-state index in [9.17, 15) is 0 Å². The molecule has 0 spiro atoms. The van der Waals surface area contributed by atoms with Crippen molar-refractivity contribution < 1.29 is 4.74 Å². The van der Waals surface area contributed by atoms with Crippen molar-refractivity contribution in [2.75, 3.05) is 25.1 Å². The minimum absolute atomic E-state index is 0.501. The van der Waals surface area contributed by atoms with Gasteiger partial charge < -0.3 is 15.0 Å². The molecule has 0 amide bonds. The lowest BCUT2D eigenvalue weighted by molar-refractivity contribution is 0.395. The Morgan fingerprint density at radius 2 is 1.93 bits per heavy atom. The quantitative estimate of drug-likeness (QED) is 0.704. The van der Waals surface area contributed by atoms with Gasteiger partial charge in [-0.1, -0.05) is 0 Å². The van der Waals surface area contributed by atoms with Gasteiger partial charge in [0.25, 0.3) is 0 Å². The minimum atomic E-state index is 0.501. The Balaban J connectivity index is 1.33. The molecule has 1 saturated carbocycles. The topological polar surface area (TPSA) is 81.0 Å². The summed E-state index contributed by atoms with van der Waals surface area (Å²) >= 11 is 0. The van der Waals surface area contributed by atoms with Crippen LogP contribution in [-0.2, 0) is 0 Å². The molecule has 2 aliphatic rings. The van der Waals surface area contributed by atoms with Crippen molar-refractivity contribution in [1.82, 2.24) is 30.3 Å². The Bertz CT molecular complexity index is 938. The fourth-order valence-electron chi connectivity index (χ4n) is 3.63. The van der Waals surface area contributed by atoms with Crippen LogP contribution in [0.1, 0.15) is 19.3 Å². The molecule has 1 atom stereocenters. The fourth-order valence-corrected chi connectivity index (χ4v) is 3.63. The molecule has 1 aliphatic carbocycles. The average molecular weight is 377 g/mol. The molecule has 3 aromatic rings. The van der Waals surface area contributed by atoms with Crippen molar-refractivity contribution in [3.8, 4) is 23.0 Å². The lowest BCUT2D eigenvalue weighted by atomic mass is 10.2. The molecule has 2 fully saturated rings. The van der Waals surface area contributed by atoms with Gasteiger partial charge in [0.2, 0.25) is 5.88 Å². The minimum Gasteiger partial charge on any atom is -0.479 e. The first-order valence-electron chi connectivity index (χ1n) is 9.70. The number of ether oxygens (including phenoxy) is 1. The maximum Gasteiger partial charge on any atom is 0.240 e. The summed E-state index contributed by atoms with van der Waals surface area (Å²) in [6.07, 6.45) is 7.38. The molecule has 0 aromatic carbocycles. The van der Waals surface area contributed by atoms with Crippen molar-refractivity contribution in [3.05, 3.63) is 42.7 Å². The summed E-state index contributed by atoms with van der Waals surface area (Å²) < 4.78 is 7.18. The number of methoxy groups -OCH3 is 1. The third-order valence-corrected chi connectivity index (χ3v) is 5.26. The van der Waals surface area contributed by atoms with Gasteiger partial charge in [-0.3, -0.25) is 0 Å². The van der Waals surface area contributed by atoms with E-state index in [0.29, 0.717) is 11.9 Å². The van der Waals surface area contributed by atoms with E-state index in [1.165, 1.54) is 12.8 Å². The zero-order chi connectivity index (χ0) is 18.9. The molecule has 8 nitrogen and oxygen atoms in total. The highest BCUT2D eigenvalue weighted by Crippen LogP contribution is 2.26. The number of pyridine rings is 1. The van der Waals surface area contributed by atoms with Crippen LogP contribution >= 0.6 is 0 Å². The fraction of sp³-hybridized carbons (Fsp3) is 0.400. The van der Waals surface area contributed by atoms with Crippen molar-refractivity contribution in [2.24, 2.45) is 0 Å². The third kappa shape index (κ3) is 3.43. The Kier molecular flexibility index (Phi) is 4.40. The van der Waals surface area contributed by atoms with Crippen LogP contribution in [0.3, 0.4) is 0 Å². The predicted octanol–water partition coefficient (Wildman–Crippen LogP) is 2.06. The Labute approximate surface area is 163 Å². The predicted molar refractivity (Wildman–Crippen MR) is 106 cm³/mol. The van der Waals surface area contributed by atoms with Crippen LogP contribution in [0.25, 0.3) is 17.1 Å². The van der Waals surface area contributed by atoms with Crippen LogP contribution in [0.4, 0.5) is 5.82 Å². The summed E-state index contributed by atoms with van der Waals surface area (Å²) in [5.41, 5.74) is 2.23. The van der Waals surface area contributed by atoms with E-state index >= 15 is 0 Å². The molecule has 144 valence electrons. The SMILES string of the molecule is COc1nc(-c2ccc(N3CCC(NC4CC4)C3)nn2)ccc1-n1cccn1. The summed E-state index contributed by atoms with van der Waals surface area (Å²) in [5, 5.41) is 16.8. The Morgan fingerprint density at radius 3 is 2.64 bits per heavy atom. The van der Waals surface area contributed by atoms with Gasteiger partial charge in [0.1, 0.15) is 11.4 Å². The number of hydrogen-bond acceptors (Lipinski definition) is 7. The summed E-state index contributed by atoms with van der Waals surface area (Å²) in [5.74, 6) is 1.42. The van der Waals surface area contributed by atoms with Gasteiger partial charge in [-0.2, -0.15) is 5.10 Å². The van der Waals surface area contributed by atoms with Gasteiger partial charge in [-0.15, -0.1) is 10.2 Å². The molecule has 1 saturated heterocycles. The van der Waals surface area contributed by atoms with Gasteiger partial charge in [0.05, 0.1) is 12.8 Å². The highest BCUT2D eigenvalue weighted by molar-refractivity contribution is 5.59. The second kappa shape index (κ2) is 7.20. The molecule has 0 radical (unpaired) electrons. The molecule has 28 heavy (non-hydrogen) atoms. The second-order valence-corrected chi connectivity index (χ2v) is 7.32. The van der Waals surface area contributed by atoms with Crippen molar-refractivity contribution in [3.63, 3.8) is 0 Å². The Morgan fingerprint density at radius 1 is 1.04 bits per heavy atom. The van der Waals surface area contributed by atoms with E-state index < -0.39 is 0 Å². The lowest BCUT2D eigenvalue weighted by Crippen LogP contribution is -2.34. The summed E-state index contributed by atoms with van der Waals surface area (Å²) in [6, 6.07) is 11.0. The molecule has 4 heterocycles. The number of nitrogens with zero attached hydrogens (tertiary/aromatic N) is 6. The zero-order valence-electron chi connectivity index (χ0n) is 15.8. The number of rotatable bonds is 6. The van der Waals surface area contributed by atoms with E-state index in [4.69, 9.17) is 4.74 Å². The first kappa shape index (κ1) is 17.1. The smallest absolute Gasteiger partial charge is 0.240 e. The van der Waals surface area contributed by atoms with Crippen molar-refractivity contribution >= 4 is 5.82 Å². The number of aromatic nitrogens is 5. The molecule has 1 unspecified atom stereocenters. The highest BCUT2D eigenvalue weighted by Gasteiger charge is 2.29. The molecule has 0 bridgehead atoms. The van der Waals surface area contributed by atoms with Gasteiger partial charge in [0.15, 0.2) is 5.82 Å². The summed E-state index contributed by atoms with van der Waals surface area (Å²) in [4.78, 5) is 6.88. The highest BCUT2D eigenvalue weighted by atomic mass is 16.5. The molecular formula is C20H23N7O. The van der Waals surface area contributed by atoms with Gasteiger partial charge in [-0.05, 0) is 49.6 Å². The molecule has 1 aliphatic heterocycles. The van der Waals surface area contributed by atoms with E-state index in [-0.39, 0.29) is 0 Å². The zero-order valence-corrected chi connectivity index (χ0v) is 15.8. The number of anilines is 1. The van der Waals surface area contributed by atoms with Gasteiger partial charge >= 0.3 is 0 Å². The standard InChI is InChI=1S/C20H23N7O/c1-28-20-18(27-11-2-10-21-27)7-5-16(23-20)17-6-8-19(25-24-17)26-12-9-15(13-26)22-14-3-4-14/h2,5-8,10-11,14-15,22H,3-4,9,12-13H2,1H3. The van der Waals surface area contributed by atoms with Crippen LogP contribution in [-0.4, -0.2) is 57.2 Å². The first-order chi connectivity index (χ1) is 13.8. The van der Waals surface area contributed by atoms with Crippen LogP contribution in [0.2, 0.25) is 0 Å². The number of hydrogen-bond donors (Lipinski definition) is 1. The molecule has 5 rings (SSSR count). The summed E-state index contributed by atoms with van der Waals surface area (Å²) in [6.45, 7) is 2.01. The van der Waals surface area contributed by atoms with Crippen molar-refractivity contribution in [1.29, 1.82) is 0 Å². The van der Waals surface area contributed by atoms with E-state index in [2.05, 4.69) is 30.5 Å². The molecule has 8 heteroatoms. The van der Waals surface area contributed by atoms with Crippen LogP contribution in [0.5, 0.6) is 5.88 Å². The largest absolute Gasteiger partial charge is 0.479 e. The third-order valence-electron chi connectivity index (χ3n) is 5.26. The molecule has 3 aromatic heterocycles. The van der Waals surface area contributed by atoms with E-state index in [0.717, 1.165) is 48.4 Å². The van der Waals surface area contributed by atoms with Crippen LogP contribution < -0.4 is 15.0 Å². The Hall–Kier alpha value is -3.00. The summed E-state index contributed by atoms with van der Waals surface area (Å²) in [7, 11) is 1.60. The lowest BCUT2D eigenvalue weighted by Gasteiger charge is -2.17. The van der Waals surface area contributed by atoms with Crippen LogP contribution in [0, 0.1) is 0 Å². The monoisotopic (exact) mass is 377 g/mol. The first-order valence-corrected chi connectivity index (χ1v) is 9.70. The maximum atomic E-state index is 5.45. The molecular weight excluding hydrogens is 354 g/mol. The average Bonchev–Trinajstić information content (AvgIpc) is 3.20. The normalized spacial score (nSPS) is 19.2. The van der Waals surface area contributed by atoms with E-state index in [1.807, 2.05) is 36.5 Å². The van der Waals surface area contributed by atoms with Gasteiger partial charge in [0, 0.05) is 37.6 Å². The van der Waals surface area contributed by atoms with Gasteiger partial charge in [-0.25, -0.2) is 9.67 Å². The number of nitrogens with one attached hydrogen (secondary N) is 1. The maximum absolute atomic E-state index is 5.45. The van der Waals surface area contributed by atoms with E-state index in [1.54, 1.807) is 18.0 Å². The molecule has 1 N–H and O–H groups in total.